The van der Waals surface area contributed by atoms with Gasteiger partial charge in [0.05, 0.1) is 15.6 Å². The molecule has 2 aromatic heterocycles. The van der Waals surface area contributed by atoms with E-state index in [2.05, 4.69) is 41.1 Å². The number of aryl methyl sites for hydroxylation is 1. The Morgan fingerprint density at radius 1 is 1.29 bits per heavy atom. The van der Waals surface area contributed by atoms with Crippen LogP contribution in [0.5, 0.6) is 5.75 Å². The highest BCUT2D eigenvalue weighted by molar-refractivity contribution is 7.15. The Labute approximate surface area is 211 Å². The van der Waals surface area contributed by atoms with Crippen LogP contribution in [0, 0.1) is 18.8 Å². The van der Waals surface area contributed by atoms with Crippen LogP contribution < -0.4 is 16.0 Å². The van der Waals surface area contributed by atoms with Crippen LogP contribution in [-0.2, 0) is 6.61 Å². The molecular formula is C27H33N5O2S. The lowest BCUT2D eigenvalue weighted by Gasteiger charge is -2.27. The molecule has 4 N–H and O–H groups in total. The number of nitrogens with zero attached hydrogens (tertiary/aromatic N) is 3. The summed E-state index contributed by atoms with van der Waals surface area (Å²) in [5.74, 6) is 13.1. The Bertz CT molecular complexity index is 1230. The number of aliphatic hydroxyl groups is 1. The van der Waals surface area contributed by atoms with Gasteiger partial charge in [-0.3, -0.25) is 0 Å². The van der Waals surface area contributed by atoms with Gasteiger partial charge in [0.1, 0.15) is 12.2 Å². The minimum absolute atomic E-state index is 0.334. The summed E-state index contributed by atoms with van der Waals surface area (Å²) < 4.78 is 6.13. The van der Waals surface area contributed by atoms with E-state index in [-0.39, 0.29) is 0 Å². The molecule has 1 aliphatic heterocycles. The van der Waals surface area contributed by atoms with Crippen molar-refractivity contribution in [3.8, 4) is 28.0 Å². The molecule has 0 bridgehead atoms. The van der Waals surface area contributed by atoms with Gasteiger partial charge in [-0.15, -0.1) is 11.3 Å². The number of hydrogen-bond acceptors (Lipinski definition) is 8. The summed E-state index contributed by atoms with van der Waals surface area (Å²) in [7, 11) is 2.18. The van der Waals surface area contributed by atoms with Gasteiger partial charge in [-0.05, 0) is 77.5 Å². The predicted octanol–water partition coefficient (Wildman–Crippen LogP) is 4.31. The molecular weight excluding hydrogens is 458 g/mol. The van der Waals surface area contributed by atoms with Crippen molar-refractivity contribution in [2.75, 3.05) is 25.6 Å². The molecule has 0 amide bonds. The lowest BCUT2D eigenvalue weighted by atomic mass is 9.98. The van der Waals surface area contributed by atoms with Gasteiger partial charge in [0.15, 0.2) is 11.6 Å². The van der Waals surface area contributed by atoms with Gasteiger partial charge >= 0.3 is 0 Å². The number of nitrogens with one attached hydrogen (secondary N) is 1. The number of nitrogen functional groups attached to an aromatic ring is 1. The minimum atomic E-state index is -1.04. The first-order valence-electron chi connectivity index (χ1n) is 11.8. The van der Waals surface area contributed by atoms with Gasteiger partial charge in [0, 0.05) is 23.2 Å². The molecule has 0 radical (unpaired) electrons. The zero-order valence-electron chi connectivity index (χ0n) is 20.8. The second-order valence-electron chi connectivity index (χ2n) is 9.56. The average Bonchev–Trinajstić information content (AvgIpc) is 3.23. The van der Waals surface area contributed by atoms with Crippen LogP contribution in [0.4, 0.5) is 5.82 Å². The summed E-state index contributed by atoms with van der Waals surface area (Å²) in [6.07, 6.45) is 4.10. The third-order valence-corrected chi connectivity index (χ3v) is 7.34. The van der Waals surface area contributed by atoms with Crippen molar-refractivity contribution in [3.63, 3.8) is 0 Å². The van der Waals surface area contributed by atoms with E-state index in [1.165, 1.54) is 5.01 Å². The van der Waals surface area contributed by atoms with Crippen molar-refractivity contribution in [1.29, 1.82) is 0 Å². The molecule has 35 heavy (non-hydrogen) atoms. The summed E-state index contributed by atoms with van der Waals surface area (Å²) in [6.45, 7) is 7.94. The Morgan fingerprint density at radius 3 is 2.77 bits per heavy atom. The maximum Gasteiger partial charge on any atom is 0.183 e. The van der Waals surface area contributed by atoms with E-state index in [9.17, 15) is 5.11 Å². The SMILES string of the molecule is Cc1nc(C2CCN(C)CC2)sc1-c1cnc(NN)c(OCc2cccc(C#CC(C)(C)O)c2)c1. The monoisotopic (exact) mass is 491 g/mol. The number of piperidine rings is 1. The van der Waals surface area contributed by atoms with Crippen molar-refractivity contribution in [3.05, 3.63) is 58.4 Å². The molecule has 0 unspecified atom stereocenters. The van der Waals surface area contributed by atoms with E-state index >= 15 is 0 Å². The lowest BCUT2D eigenvalue weighted by molar-refractivity contribution is 0.143. The highest BCUT2D eigenvalue weighted by atomic mass is 32.1. The van der Waals surface area contributed by atoms with Gasteiger partial charge in [0.25, 0.3) is 0 Å². The van der Waals surface area contributed by atoms with E-state index in [0.717, 1.165) is 53.2 Å². The largest absolute Gasteiger partial charge is 0.485 e. The van der Waals surface area contributed by atoms with Crippen LogP contribution >= 0.6 is 11.3 Å². The van der Waals surface area contributed by atoms with Crippen molar-refractivity contribution in [2.24, 2.45) is 5.84 Å². The molecule has 3 aromatic rings. The highest BCUT2D eigenvalue weighted by Crippen LogP contribution is 2.38. The van der Waals surface area contributed by atoms with Crippen LogP contribution in [0.1, 0.15) is 54.4 Å². The predicted molar refractivity (Wildman–Crippen MR) is 141 cm³/mol. The molecule has 1 aliphatic rings. The molecule has 0 atom stereocenters. The number of aromatic nitrogens is 2. The van der Waals surface area contributed by atoms with Gasteiger partial charge in [-0.25, -0.2) is 15.8 Å². The lowest BCUT2D eigenvalue weighted by Crippen LogP contribution is -2.29. The smallest absolute Gasteiger partial charge is 0.183 e. The molecule has 4 rings (SSSR count). The van der Waals surface area contributed by atoms with E-state index in [4.69, 9.17) is 15.6 Å². The Morgan fingerprint density at radius 2 is 2.06 bits per heavy atom. The molecule has 3 heterocycles. The van der Waals surface area contributed by atoms with E-state index < -0.39 is 5.60 Å². The minimum Gasteiger partial charge on any atom is -0.485 e. The van der Waals surface area contributed by atoms with Crippen LogP contribution in [0.15, 0.2) is 36.5 Å². The molecule has 7 nitrogen and oxygen atoms in total. The van der Waals surface area contributed by atoms with Crippen LogP contribution in [0.2, 0.25) is 0 Å². The van der Waals surface area contributed by atoms with Crippen LogP contribution in [0.3, 0.4) is 0 Å². The van der Waals surface area contributed by atoms with E-state index in [1.54, 1.807) is 25.2 Å². The van der Waals surface area contributed by atoms with Crippen molar-refractivity contribution in [2.45, 2.75) is 51.7 Å². The van der Waals surface area contributed by atoms with Crippen molar-refractivity contribution in [1.82, 2.24) is 14.9 Å². The molecule has 0 spiro atoms. The number of ether oxygens (including phenoxy) is 1. The normalized spacial score (nSPS) is 14.9. The zero-order valence-corrected chi connectivity index (χ0v) is 21.6. The number of hydrogen-bond donors (Lipinski definition) is 3. The third kappa shape index (κ3) is 6.59. The quantitative estimate of drug-likeness (QED) is 0.269. The zero-order chi connectivity index (χ0) is 25.0. The van der Waals surface area contributed by atoms with Gasteiger partial charge in [-0.2, -0.15) is 0 Å². The second-order valence-corrected chi connectivity index (χ2v) is 10.6. The number of nitrogens with two attached hydrogens (primary N) is 1. The first kappa shape index (κ1) is 25.1. The van der Waals surface area contributed by atoms with Crippen molar-refractivity contribution >= 4 is 17.2 Å². The number of pyridine rings is 1. The maximum absolute atomic E-state index is 9.85. The molecule has 184 valence electrons. The summed E-state index contributed by atoms with van der Waals surface area (Å²) >= 11 is 1.75. The fourth-order valence-electron chi connectivity index (χ4n) is 4.03. The first-order chi connectivity index (χ1) is 16.7. The molecule has 1 aromatic carbocycles. The molecule has 1 saturated heterocycles. The molecule has 0 saturated carbocycles. The summed E-state index contributed by atoms with van der Waals surface area (Å²) in [4.78, 5) is 12.9. The number of anilines is 1. The Balaban J connectivity index is 1.53. The Kier molecular flexibility index (Phi) is 7.72. The highest BCUT2D eigenvalue weighted by Gasteiger charge is 2.23. The van der Waals surface area contributed by atoms with E-state index in [0.29, 0.717) is 24.1 Å². The number of benzene rings is 1. The fraction of sp³-hybridized carbons (Fsp3) is 0.407. The Hall–Kier alpha value is -2.96. The topological polar surface area (TPSA) is 96.5 Å². The third-order valence-electron chi connectivity index (χ3n) is 5.97. The number of likely N-dealkylation sites (tertiary alicyclic amines) is 1. The van der Waals surface area contributed by atoms with E-state index in [1.807, 2.05) is 36.5 Å². The fourth-order valence-corrected chi connectivity index (χ4v) is 5.24. The summed E-state index contributed by atoms with van der Waals surface area (Å²) in [5.41, 5.74) is 5.36. The van der Waals surface area contributed by atoms with Gasteiger partial charge in [-0.1, -0.05) is 24.0 Å². The molecule has 8 heteroatoms. The summed E-state index contributed by atoms with van der Waals surface area (Å²) in [6, 6.07) is 9.73. The van der Waals surface area contributed by atoms with Gasteiger partial charge in [0.2, 0.25) is 0 Å². The second kappa shape index (κ2) is 10.8. The maximum atomic E-state index is 9.85. The first-order valence-corrected chi connectivity index (χ1v) is 12.6. The van der Waals surface area contributed by atoms with Gasteiger partial charge < -0.3 is 20.2 Å². The number of rotatable bonds is 6. The van der Waals surface area contributed by atoms with Crippen LogP contribution in [0.25, 0.3) is 10.4 Å². The summed E-state index contributed by atoms with van der Waals surface area (Å²) in [5, 5.41) is 11.1. The standard InChI is InChI=1S/C27H33N5O2S/c1-18-24(35-26(30-18)21-9-12-32(4)13-10-21)22-15-23(25(31-28)29-16-22)34-17-20-7-5-6-19(14-20)8-11-27(2,3)33/h5-7,14-16,21,33H,9-10,12-13,17,28H2,1-4H3,(H,29,31). The molecule has 0 aliphatic carbocycles. The van der Waals surface area contributed by atoms with Crippen LogP contribution in [-0.4, -0.2) is 45.7 Å². The number of hydrazine groups is 1. The average molecular weight is 492 g/mol. The molecule has 1 fully saturated rings. The van der Waals surface area contributed by atoms with Crippen molar-refractivity contribution < 1.29 is 9.84 Å². The number of thiazole rings is 1.